The van der Waals surface area contributed by atoms with Gasteiger partial charge in [0, 0.05) is 26.2 Å². The van der Waals surface area contributed by atoms with Crippen molar-refractivity contribution < 1.29 is 0 Å². The normalized spacial score (nSPS) is 14.9. The van der Waals surface area contributed by atoms with Gasteiger partial charge in [-0.05, 0) is 26.3 Å². The Balaban J connectivity index is 1.97. The standard InChI is InChI=1S/C13H23N5S/c1-4-18(10-5-6-10)8-7-15-13-11(12(14)19)9(2)16-17(13)3/h10,15H,4-8H2,1-3H3,(H2,14,19). The van der Waals surface area contributed by atoms with E-state index in [1.165, 1.54) is 12.8 Å². The van der Waals surface area contributed by atoms with Crippen molar-refractivity contribution >= 4 is 23.0 Å². The summed E-state index contributed by atoms with van der Waals surface area (Å²) in [5, 5.41) is 7.79. The number of hydrogen-bond acceptors (Lipinski definition) is 4. The van der Waals surface area contributed by atoms with Crippen molar-refractivity contribution in [3.05, 3.63) is 11.3 Å². The van der Waals surface area contributed by atoms with E-state index >= 15 is 0 Å². The molecule has 19 heavy (non-hydrogen) atoms. The smallest absolute Gasteiger partial charge is 0.134 e. The molecular weight excluding hydrogens is 258 g/mol. The highest BCUT2D eigenvalue weighted by atomic mass is 32.1. The maximum absolute atomic E-state index is 5.77. The highest BCUT2D eigenvalue weighted by molar-refractivity contribution is 7.80. The summed E-state index contributed by atoms with van der Waals surface area (Å²) in [7, 11) is 1.91. The van der Waals surface area contributed by atoms with Crippen LogP contribution in [0.15, 0.2) is 0 Å². The summed E-state index contributed by atoms with van der Waals surface area (Å²) in [6, 6.07) is 0.801. The number of nitrogens with one attached hydrogen (secondary N) is 1. The number of likely N-dealkylation sites (N-methyl/N-ethyl adjacent to an activating group) is 1. The minimum Gasteiger partial charge on any atom is -0.389 e. The van der Waals surface area contributed by atoms with E-state index in [1.807, 2.05) is 18.7 Å². The van der Waals surface area contributed by atoms with Gasteiger partial charge in [0.15, 0.2) is 0 Å². The molecule has 1 saturated carbocycles. The fourth-order valence-corrected chi connectivity index (χ4v) is 2.76. The highest BCUT2D eigenvalue weighted by Crippen LogP contribution is 2.26. The van der Waals surface area contributed by atoms with Gasteiger partial charge in [-0.25, -0.2) is 0 Å². The first-order valence-corrected chi connectivity index (χ1v) is 7.26. The lowest BCUT2D eigenvalue weighted by atomic mass is 10.2. The number of thiocarbonyl (C=S) groups is 1. The molecule has 0 aliphatic heterocycles. The molecule has 106 valence electrons. The molecule has 0 saturated heterocycles. The zero-order valence-corrected chi connectivity index (χ0v) is 12.8. The Bertz CT molecular complexity index is 464. The van der Waals surface area contributed by atoms with Crippen LogP contribution in [0.4, 0.5) is 5.82 Å². The first kappa shape index (κ1) is 14.3. The van der Waals surface area contributed by atoms with E-state index in [-0.39, 0.29) is 0 Å². The SMILES string of the molecule is CCN(CCNc1c(C(N)=S)c(C)nn1C)C1CC1. The average Bonchev–Trinajstić information content (AvgIpc) is 3.12. The molecule has 1 aromatic heterocycles. The summed E-state index contributed by atoms with van der Waals surface area (Å²) >= 11 is 5.10. The summed E-state index contributed by atoms with van der Waals surface area (Å²) in [5.74, 6) is 0.928. The molecule has 6 heteroatoms. The Labute approximate surface area is 120 Å². The molecule has 2 rings (SSSR count). The van der Waals surface area contributed by atoms with Gasteiger partial charge in [-0.1, -0.05) is 19.1 Å². The van der Waals surface area contributed by atoms with Crippen molar-refractivity contribution in [2.24, 2.45) is 12.8 Å². The fourth-order valence-electron chi connectivity index (χ4n) is 2.51. The molecule has 1 heterocycles. The van der Waals surface area contributed by atoms with Crippen molar-refractivity contribution in [1.29, 1.82) is 0 Å². The third-order valence-corrected chi connectivity index (χ3v) is 3.83. The van der Waals surface area contributed by atoms with E-state index in [0.717, 1.165) is 42.8 Å². The molecule has 1 fully saturated rings. The minimum atomic E-state index is 0.405. The fraction of sp³-hybridized carbons (Fsp3) is 0.692. The Kier molecular flexibility index (Phi) is 4.42. The second-order valence-electron chi connectivity index (χ2n) is 5.08. The van der Waals surface area contributed by atoms with Crippen molar-refractivity contribution in [1.82, 2.24) is 14.7 Å². The maximum atomic E-state index is 5.77. The van der Waals surface area contributed by atoms with Crippen LogP contribution in [0.5, 0.6) is 0 Å². The molecular formula is C13H23N5S. The summed E-state index contributed by atoms with van der Waals surface area (Å²) in [4.78, 5) is 2.92. The van der Waals surface area contributed by atoms with E-state index in [1.54, 1.807) is 0 Å². The molecule has 0 spiro atoms. The van der Waals surface area contributed by atoms with Gasteiger partial charge >= 0.3 is 0 Å². The van der Waals surface area contributed by atoms with E-state index in [9.17, 15) is 0 Å². The van der Waals surface area contributed by atoms with Gasteiger partial charge < -0.3 is 11.1 Å². The molecule has 1 aromatic rings. The van der Waals surface area contributed by atoms with Crippen LogP contribution in [0, 0.1) is 6.92 Å². The van der Waals surface area contributed by atoms with Gasteiger partial charge in [-0.3, -0.25) is 9.58 Å². The molecule has 0 amide bonds. The third kappa shape index (κ3) is 3.25. The second kappa shape index (κ2) is 5.88. The Hall–Kier alpha value is -1.14. The first-order valence-electron chi connectivity index (χ1n) is 6.86. The van der Waals surface area contributed by atoms with Crippen LogP contribution in [0.3, 0.4) is 0 Å². The second-order valence-corrected chi connectivity index (χ2v) is 5.52. The van der Waals surface area contributed by atoms with E-state index < -0.39 is 0 Å². The lowest BCUT2D eigenvalue weighted by molar-refractivity contribution is 0.289. The Morgan fingerprint density at radius 3 is 2.79 bits per heavy atom. The molecule has 0 bridgehead atoms. The average molecular weight is 281 g/mol. The van der Waals surface area contributed by atoms with Crippen LogP contribution in [-0.4, -0.2) is 45.3 Å². The number of rotatable bonds is 7. The number of nitrogens with two attached hydrogens (primary N) is 1. The molecule has 0 radical (unpaired) electrons. The zero-order chi connectivity index (χ0) is 14.0. The van der Waals surface area contributed by atoms with E-state index in [2.05, 4.69) is 22.2 Å². The highest BCUT2D eigenvalue weighted by Gasteiger charge is 2.27. The van der Waals surface area contributed by atoms with Crippen LogP contribution < -0.4 is 11.1 Å². The van der Waals surface area contributed by atoms with Crippen LogP contribution >= 0.6 is 12.2 Å². The van der Waals surface area contributed by atoms with E-state index in [0.29, 0.717) is 4.99 Å². The molecule has 0 atom stereocenters. The molecule has 1 aliphatic rings. The third-order valence-electron chi connectivity index (χ3n) is 3.63. The van der Waals surface area contributed by atoms with Gasteiger partial charge in [0.25, 0.3) is 0 Å². The summed E-state index contributed by atoms with van der Waals surface area (Å²) in [6.07, 6.45) is 2.69. The lowest BCUT2D eigenvalue weighted by Gasteiger charge is -2.20. The van der Waals surface area contributed by atoms with Gasteiger partial charge in [-0.15, -0.1) is 0 Å². The quantitative estimate of drug-likeness (QED) is 0.737. The van der Waals surface area contributed by atoms with Gasteiger partial charge in [-0.2, -0.15) is 5.10 Å². The summed E-state index contributed by atoms with van der Waals surface area (Å²) in [6.45, 7) is 7.19. The zero-order valence-electron chi connectivity index (χ0n) is 11.9. The predicted molar refractivity (Wildman–Crippen MR) is 82.6 cm³/mol. The lowest BCUT2D eigenvalue weighted by Crippen LogP contribution is -2.31. The number of aryl methyl sites for hydroxylation is 2. The van der Waals surface area contributed by atoms with Crippen LogP contribution in [0.2, 0.25) is 0 Å². The molecule has 3 N–H and O–H groups in total. The van der Waals surface area contributed by atoms with Crippen molar-refractivity contribution in [3.8, 4) is 0 Å². The number of aromatic nitrogens is 2. The van der Waals surface area contributed by atoms with Gasteiger partial charge in [0.05, 0.1) is 11.3 Å². The van der Waals surface area contributed by atoms with Crippen LogP contribution in [0.1, 0.15) is 31.0 Å². The number of anilines is 1. The monoisotopic (exact) mass is 281 g/mol. The van der Waals surface area contributed by atoms with Crippen molar-refractivity contribution in [3.63, 3.8) is 0 Å². The van der Waals surface area contributed by atoms with Crippen LogP contribution in [-0.2, 0) is 7.05 Å². The summed E-state index contributed by atoms with van der Waals surface area (Å²) < 4.78 is 1.82. The predicted octanol–water partition coefficient (Wildman–Crippen LogP) is 1.26. The van der Waals surface area contributed by atoms with Gasteiger partial charge in [0.1, 0.15) is 10.8 Å². The van der Waals surface area contributed by atoms with Gasteiger partial charge in [0.2, 0.25) is 0 Å². The van der Waals surface area contributed by atoms with Crippen molar-refractivity contribution in [2.45, 2.75) is 32.7 Å². The maximum Gasteiger partial charge on any atom is 0.134 e. The molecule has 1 aliphatic carbocycles. The largest absolute Gasteiger partial charge is 0.389 e. The van der Waals surface area contributed by atoms with Crippen LogP contribution in [0.25, 0.3) is 0 Å². The van der Waals surface area contributed by atoms with Crippen molar-refractivity contribution in [2.75, 3.05) is 25.0 Å². The molecule has 5 nitrogen and oxygen atoms in total. The van der Waals surface area contributed by atoms with E-state index in [4.69, 9.17) is 18.0 Å². The first-order chi connectivity index (χ1) is 9.04. The molecule has 0 unspecified atom stereocenters. The topological polar surface area (TPSA) is 59.1 Å². The summed E-state index contributed by atoms with van der Waals surface area (Å²) in [5.41, 5.74) is 7.52. The minimum absolute atomic E-state index is 0.405. The number of nitrogens with zero attached hydrogens (tertiary/aromatic N) is 3. The Morgan fingerprint density at radius 2 is 2.26 bits per heavy atom. The Morgan fingerprint density at radius 1 is 1.58 bits per heavy atom. The molecule has 0 aromatic carbocycles. The number of hydrogen-bond donors (Lipinski definition) is 2.